The Morgan fingerprint density at radius 1 is 1.21 bits per heavy atom. The Hall–Kier alpha value is -2.91. The number of carbonyl (C=O) groups excluding carboxylic acids is 1. The lowest BCUT2D eigenvalue weighted by Crippen LogP contribution is -2.32. The van der Waals surface area contributed by atoms with Gasteiger partial charge in [0.25, 0.3) is 15.9 Å². The lowest BCUT2D eigenvalue weighted by atomic mass is 10.1. The molecule has 1 aliphatic heterocycles. The second kappa shape index (κ2) is 8.62. The zero-order valence-electron chi connectivity index (χ0n) is 15.8. The minimum Gasteiger partial charge on any atom is -0.478 e. The average molecular weight is 418 g/mol. The van der Waals surface area contributed by atoms with Gasteiger partial charge in [0.1, 0.15) is 0 Å². The van der Waals surface area contributed by atoms with Gasteiger partial charge in [-0.25, -0.2) is 13.2 Å². The van der Waals surface area contributed by atoms with Crippen molar-refractivity contribution >= 4 is 27.6 Å². The van der Waals surface area contributed by atoms with E-state index in [0.29, 0.717) is 18.7 Å². The maximum Gasteiger partial charge on any atom is 0.335 e. The third-order valence-electron chi connectivity index (χ3n) is 4.65. The maximum absolute atomic E-state index is 12.9. The van der Waals surface area contributed by atoms with E-state index < -0.39 is 21.9 Å². The highest BCUT2D eigenvalue weighted by atomic mass is 32.2. The van der Waals surface area contributed by atoms with Crippen molar-refractivity contribution in [2.45, 2.75) is 30.8 Å². The number of aromatic carboxylic acids is 1. The highest BCUT2D eigenvalue weighted by Gasteiger charge is 2.23. The van der Waals surface area contributed by atoms with Crippen LogP contribution in [-0.4, -0.2) is 44.7 Å². The van der Waals surface area contributed by atoms with E-state index in [4.69, 9.17) is 9.84 Å². The van der Waals surface area contributed by atoms with Gasteiger partial charge >= 0.3 is 5.97 Å². The number of rotatable bonds is 7. The topological polar surface area (TPSA) is 122 Å². The molecule has 29 heavy (non-hydrogen) atoms. The summed E-state index contributed by atoms with van der Waals surface area (Å²) in [5.74, 6) is -1.65. The van der Waals surface area contributed by atoms with Crippen LogP contribution in [0.2, 0.25) is 0 Å². The number of benzene rings is 2. The van der Waals surface area contributed by atoms with E-state index in [0.717, 1.165) is 18.9 Å². The molecule has 9 heteroatoms. The molecule has 1 heterocycles. The van der Waals surface area contributed by atoms with Crippen molar-refractivity contribution in [3.05, 3.63) is 59.2 Å². The minimum atomic E-state index is -4.10. The first-order chi connectivity index (χ1) is 13.8. The summed E-state index contributed by atoms with van der Waals surface area (Å²) in [4.78, 5) is 23.6. The van der Waals surface area contributed by atoms with Crippen LogP contribution in [0.3, 0.4) is 0 Å². The van der Waals surface area contributed by atoms with Gasteiger partial charge in [-0.05, 0) is 49.6 Å². The number of hydrogen-bond donors (Lipinski definition) is 3. The van der Waals surface area contributed by atoms with Crippen LogP contribution in [0.15, 0.2) is 47.4 Å². The van der Waals surface area contributed by atoms with Gasteiger partial charge in [-0.2, -0.15) is 0 Å². The Morgan fingerprint density at radius 2 is 1.97 bits per heavy atom. The van der Waals surface area contributed by atoms with E-state index in [1.165, 1.54) is 24.3 Å². The molecule has 0 aromatic heterocycles. The van der Waals surface area contributed by atoms with Crippen LogP contribution in [-0.2, 0) is 14.8 Å². The second-order valence-electron chi connectivity index (χ2n) is 6.78. The molecule has 3 rings (SSSR count). The molecule has 2 aromatic rings. The van der Waals surface area contributed by atoms with Crippen LogP contribution >= 0.6 is 0 Å². The van der Waals surface area contributed by atoms with Crippen molar-refractivity contribution in [1.82, 2.24) is 5.32 Å². The van der Waals surface area contributed by atoms with Crippen LogP contribution in [0.4, 0.5) is 5.69 Å². The van der Waals surface area contributed by atoms with Gasteiger partial charge < -0.3 is 15.2 Å². The molecule has 1 amide bonds. The van der Waals surface area contributed by atoms with Gasteiger partial charge in [0.2, 0.25) is 0 Å². The Bertz CT molecular complexity index is 1030. The number of carboxylic acids is 1. The van der Waals surface area contributed by atoms with E-state index in [2.05, 4.69) is 10.0 Å². The molecule has 3 N–H and O–H groups in total. The molecule has 8 nitrogen and oxygen atoms in total. The molecule has 0 saturated carbocycles. The van der Waals surface area contributed by atoms with Crippen LogP contribution in [0.1, 0.15) is 39.1 Å². The predicted molar refractivity (Wildman–Crippen MR) is 107 cm³/mol. The minimum absolute atomic E-state index is 0.0378. The molecule has 0 radical (unpaired) electrons. The number of ether oxygens (including phenoxy) is 1. The van der Waals surface area contributed by atoms with Crippen molar-refractivity contribution in [2.75, 3.05) is 17.9 Å². The molecule has 154 valence electrons. The van der Waals surface area contributed by atoms with Crippen LogP contribution in [0, 0.1) is 6.92 Å². The number of para-hydroxylation sites is 1. The monoisotopic (exact) mass is 418 g/mol. The molecular formula is C20H22N2O6S. The first-order valence-electron chi connectivity index (χ1n) is 9.13. The van der Waals surface area contributed by atoms with E-state index in [1.54, 1.807) is 19.1 Å². The van der Waals surface area contributed by atoms with E-state index in [9.17, 15) is 18.0 Å². The summed E-state index contributed by atoms with van der Waals surface area (Å²) >= 11 is 0. The fraction of sp³-hybridized carbons (Fsp3) is 0.300. The zero-order chi connectivity index (χ0) is 21.0. The lowest BCUT2D eigenvalue weighted by Gasteiger charge is -2.15. The number of anilines is 1. The molecule has 1 aliphatic rings. The number of aryl methyl sites for hydroxylation is 1. The van der Waals surface area contributed by atoms with E-state index in [1.807, 2.05) is 0 Å². The van der Waals surface area contributed by atoms with E-state index in [-0.39, 0.29) is 27.8 Å². The van der Waals surface area contributed by atoms with Crippen LogP contribution in [0.25, 0.3) is 0 Å². The Kier molecular flexibility index (Phi) is 6.19. The van der Waals surface area contributed by atoms with E-state index >= 15 is 0 Å². The third-order valence-corrected chi connectivity index (χ3v) is 6.16. The Labute approximate surface area is 168 Å². The highest BCUT2D eigenvalue weighted by Crippen LogP contribution is 2.23. The van der Waals surface area contributed by atoms with Crippen LogP contribution < -0.4 is 10.0 Å². The fourth-order valence-corrected chi connectivity index (χ4v) is 4.45. The summed E-state index contributed by atoms with van der Waals surface area (Å²) in [6.45, 7) is 2.59. The van der Waals surface area contributed by atoms with Crippen molar-refractivity contribution in [1.29, 1.82) is 0 Å². The molecule has 0 bridgehead atoms. The second-order valence-corrected chi connectivity index (χ2v) is 8.43. The molecule has 1 fully saturated rings. The van der Waals surface area contributed by atoms with Crippen molar-refractivity contribution in [2.24, 2.45) is 0 Å². The summed E-state index contributed by atoms with van der Waals surface area (Å²) in [6, 6.07) is 10.1. The van der Waals surface area contributed by atoms with Gasteiger partial charge in [0.05, 0.1) is 27.8 Å². The highest BCUT2D eigenvalue weighted by molar-refractivity contribution is 7.92. The summed E-state index contributed by atoms with van der Waals surface area (Å²) in [7, 11) is -4.10. The predicted octanol–water partition coefficient (Wildman–Crippen LogP) is 2.40. The number of carbonyl (C=O) groups is 2. The Morgan fingerprint density at radius 3 is 2.66 bits per heavy atom. The Balaban J connectivity index is 1.83. The van der Waals surface area contributed by atoms with Gasteiger partial charge in [-0.1, -0.05) is 18.2 Å². The summed E-state index contributed by atoms with van der Waals surface area (Å²) in [5.41, 5.74) is 0.528. The standard InChI is InChI=1S/C20H22N2O6S/c1-13-8-9-14(20(24)25)11-18(13)29(26,27)22-17-7-3-2-6-16(17)19(23)21-12-15-5-4-10-28-15/h2-3,6-9,11,15,22H,4-5,10,12H2,1H3,(H,21,23)(H,24,25). The smallest absolute Gasteiger partial charge is 0.335 e. The maximum atomic E-state index is 12.9. The quantitative estimate of drug-likeness (QED) is 0.635. The molecule has 0 aliphatic carbocycles. The summed E-state index contributed by atoms with van der Waals surface area (Å²) < 4.78 is 33.7. The fourth-order valence-electron chi connectivity index (χ4n) is 3.10. The molecule has 2 aromatic carbocycles. The van der Waals surface area contributed by atoms with Gasteiger partial charge in [0, 0.05) is 13.2 Å². The molecule has 0 spiro atoms. The largest absolute Gasteiger partial charge is 0.478 e. The number of hydrogen-bond acceptors (Lipinski definition) is 5. The average Bonchev–Trinajstić information content (AvgIpc) is 3.20. The van der Waals surface area contributed by atoms with Crippen LogP contribution in [0.5, 0.6) is 0 Å². The number of sulfonamides is 1. The zero-order valence-corrected chi connectivity index (χ0v) is 16.7. The lowest BCUT2D eigenvalue weighted by molar-refractivity contribution is 0.0696. The van der Waals surface area contributed by atoms with Crippen molar-refractivity contribution < 1.29 is 27.9 Å². The third kappa shape index (κ3) is 4.93. The number of nitrogens with one attached hydrogen (secondary N) is 2. The van der Waals surface area contributed by atoms with Gasteiger partial charge in [-0.3, -0.25) is 9.52 Å². The molecule has 1 saturated heterocycles. The summed E-state index contributed by atoms with van der Waals surface area (Å²) in [5, 5.41) is 11.9. The molecule has 1 unspecified atom stereocenters. The number of carboxylic acid groups (broad SMARTS) is 1. The SMILES string of the molecule is Cc1ccc(C(=O)O)cc1S(=O)(=O)Nc1ccccc1C(=O)NCC1CCCO1. The number of amides is 1. The first-order valence-corrected chi connectivity index (χ1v) is 10.6. The van der Waals surface area contributed by atoms with Crippen molar-refractivity contribution in [3.63, 3.8) is 0 Å². The molecule has 1 atom stereocenters. The summed E-state index contributed by atoms with van der Waals surface area (Å²) in [6.07, 6.45) is 1.78. The normalized spacial score (nSPS) is 16.4. The first kappa shape index (κ1) is 20.8. The van der Waals surface area contributed by atoms with Crippen molar-refractivity contribution in [3.8, 4) is 0 Å². The molecular weight excluding hydrogens is 396 g/mol. The van der Waals surface area contributed by atoms with Gasteiger partial charge in [-0.15, -0.1) is 0 Å². The van der Waals surface area contributed by atoms with Gasteiger partial charge in [0.15, 0.2) is 0 Å².